The molecule has 7 heteroatoms. The first-order valence-corrected chi connectivity index (χ1v) is 11.6. The minimum absolute atomic E-state index is 0.0588. The zero-order valence-corrected chi connectivity index (χ0v) is 19.4. The van der Waals surface area contributed by atoms with Crippen molar-refractivity contribution in [2.24, 2.45) is 0 Å². The average Bonchev–Trinajstić information content (AvgIpc) is 3.34. The molecule has 0 saturated carbocycles. The maximum atomic E-state index is 13.3. The second-order valence-corrected chi connectivity index (χ2v) is 8.71. The van der Waals surface area contributed by atoms with Crippen LogP contribution in [0.15, 0.2) is 78.9 Å². The lowest BCUT2D eigenvalue weighted by molar-refractivity contribution is -0.128. The molecule has 3 amide bonds. The molecule has 5 rings (SSSR count). The van der Waals surface area contributed by atoms with E-state index >= 15 is 0 Å². The smallest absolute Gasteiger partial charge is 0.255 e. The van der Waals surface area contributed by atoms with Gasteiger partial charge in [-0.25, -0.2) is 0 Å². The SMILES string of the molecule is Cc1[nH]c2ccccc2c1[C@@H]1c2ccccc2C(=O)N1CCC(=O)NNC(=O)Cc1ccccc1. The van der Waals surface area contributed by atoms with E-state index in [2.05, 4.69) is 15.8 Å². The molecule has 1 aromatic heterocycles. The maximum absolute atomic E-state index is 13.3. The number of nitrogens with zero attached hydrogens (tertiary/aromatic N) is 1. The lowest BCUT2D eigenvalue weighted by Crippen LogP contribution is -2.43. The van der Waals surface area contributed by atoms with Crippen molar-refractivity contribution < 1.29 is 14.4 Å². The van der Waals surface area contributed by atoms with Gasteiger partial charge in [0.2, 0.25) is 11.8 Å². The number of aryl methyl sites for hydroxylation is 1. The van der Waals surface area contributed by atoms with Crippen molar-refractivity contribution in [2.75, 3.05) is 6.54 Å². The summed E-state index contributed by atoms with van der Waals surface area (Å²) in [6, 6.07) is 24.6. The Morgan fingerprint density at radius 3 is 2.40 bits per heavy atom. The Labute approximate surface area is 203 Å². The van der Waals surface area contributed by atoms with E-state index < -0.39 is 0 Å². The summed E-state index contributed by atoms with van der Waals surface area (Å²) >= 11 is 0. The molecule has 35 heavy (non-hydrogen) atoms. The third-order valence-corrected chi connectivity index (χ3v) is 6.40. The van der Waals surface area contributed by atoms with Crippen LogP contribution in [0.3, 0.4) is 0 Å². The number of carbonyl (C=O) groups excluding carboxylic acids is 3. The van der Waals surface area contributed by atoms with Gasteiger partial charge in [0.05, 0.1) is 12.5 Å². The molecule has 7 nitrogen and oxygen atoms in total. The molecule has 1 aliphatic heterocycles. The molecule has 3 aromatic carbocycles. The standard InChI is InChI=1S/C28H26N4O3/c1-18-26(22-13-7-8-14-23(22)29-18)27-20-11-5-6-12-21(20)28(35)32(27)16-15-24(33)30-31-25(34)17-19-9-3-2-4-10-19/h2-14,27,29H,15-17H2,1H3,(H,30,33)(H,31,34)/t27-/m0/s1. The summed E-state index contributed by atoms with van der Waals surface area (Å²) in [6.07, 6.45) is 0.228. The second kappa shape index (κ2) is 9.46. The minimum atomic E-state index is -0.357. The summed E-state index contributed by atoms with van der Waals surface area (Å²) in [4.78, 5) is 43.2. The first kappa shape index (κ1) is 22.4. The van der Waals surface area contributed by atoms with Crippen LogP contribution in [0.25, 0.3) is 10.9 Å². The van der Waals surface area contributed by atoms with Gasteiger partial charge in [0.15, 0.2) is 0 Å². The molecular weight excluding hydrogens is 440 g/mol. The Morgan fingerprint density at radius 1 is 0.886 bits per heavy atom. The Balaban J connectivity index is 1.31. The Hall–Kier alpha value is -4.39. The second-order valence-electron chi connectivity index (χ2n) is 8.71. The number of aromatic amines is 1. The molecule has 4 aromatic rings. The third kappa shape index (κ3) is 4.40. The van der Waals surface area contributed by atoms with Gasteiger partial charge in [-0.1, -0.05) is 66.7 Å². The number of amides is 3. The predicted octanol–water partition coefficient (Wildman–Crippen LogP) is 3.80. The molecule has 2 heterocycles. The van der Waals surface area contributed by atoms with Crippen LogP contribution in [0.2, 0.25) is 0 Å². The molecule has 0 fully saturated rings. The molecule has 3 N–H and O–H groups in total. The fourth-order valence-corrected chi connectivity index (χ4v) is 4.81. The van der Waals surface area contributed by atoms with Crippen LogP contribution in [0.4, 0.5) is 0 Å². The summed E-state index contributed by atoms with van der Waals surface area (Å²) in [5.41, 5.74) is 10.4. The van der Waals surface area contributed by atoms with E-state index in [4.69, 9.17) is 0 Å². The van der Waals surface area contributed by atoms with Gasteiger partial charge in [-0.15, -0.1) is 0 Å². The molecule has 0 radical (unpaired) electrons. The fraction of sp³-hybridized carbons (Fsp3) is 0.179. The van der Waals surface area contributed by atoms with E-state index in [1.807, 2.05) is 85.8 Å². The highest BCUT2D eigenvalue weighted by molar-refractivity contribution is 6.01. The van der Waals surface area contributed by atoms with Crippen molar-refractivity contribution in [1.29, 1.82) is 0 Å². The molecule has 0 saturated heterocycles. The van der Waals surface area contributed by atoms with Crippen molar-refractivity contribution in [3.63, 3.8) is 0 Å². The molecule has 0 aliphatic carbocycles. The number of H-pyrrole nitrogens is 1. The number of rotatable bonds is 6. The monoisotopic (exact) mass is 466 g/mol. The van der Waals surface area contributed by atoms with Crippen LogP contribution in [-0.4, -0.2) is 34.2 Å². The topological polar surface area (TPSA) is 94.3 Å². The van der Waals surface area contributed by atoms with Crippen molar-refractivity contribution in [1.82, 2.24) is 20.7 Å². The Kier molecular flexibility index (Phi) is 6.06. The van der Waals surface area contributed by atoms with Gasteiger partial charge < -0.3 is 9.88 Å². The van der Waals surface area contributed by atoms with Crippen LogP contribution in [0.5, 0.6) is 0 Å². The fourth-order valence-electron chi connectivity index (χ4n) is 4.81. The molecule has 0 spiro atoms. The van der Waals surface area contributed by atoms with E-state index in [1.54, 1.807) is 4.90 Å². The van der Waals surface area contributed by atoms with Crippen LogP contribution in [0.1, 0.15) is 45.2 Å². The van der Waals surface area contributed by atoms with Crippen molar-refractivity contribution in [3.8, 4) is 0 Å². The highest BCUT2D eigenvalue weighted by atomic mass is 16.2. The first-order chi connectivity index (χ1) is 17.0. The molecule has 1 atom stereocenters. The van der Waals surface area contributed by atoms with Gasteiger partial charge in [0.25, 0.3) is 5.91 Å². The van der Waals surface area contributed by atoms with Crippen molar-refractivity contribution in [2.45, 2.75) is 25.8 Å². The first-order valence-electron chi connectivity index (χ1n) is 11.6. The number of aromatic nitrogens is 1. The number of benzene rings is 3. The van der Waals surface area contributed by atoms with Crippen LogP contribution >= 0.6 is 0 Å². The normalized spacial score (nSPS) is 14.7. The highest BCUT2D eigenvalue weighted by Gasteiger charge is 2.39. The molecule has 0 bridgehead atoms. The Morgan fingerprint density at radius 2 is 1.57 bits per heavy atom. The van der Waals surface area contributed by atoms with E-state index in [0.29, 0.717) is 5.56 Å². The summed E-state index contributed by atoms with van der Waals surface area (Å²) < 4.78 is 0. The molecule has 176 valence electrons. The number of hydrazine groups is 1. The van der Waals surface area contributed by atoms with Crippen LogP contribution in [-0.2, 0) is 16.0 Å². The van der Waals surface area contributed by atoms with Gasteiger partial charge in [-0.05, 0) is 30.2 Å². The lowest BCUT2D eigenvalue weighted by Gasteiger charge is -2.26. The number of fused-ring (bicyclic) bond motifs is 2. The largest absolute Gasteiger partial charge is 0.358 e. The summed E-state index contributed by atoms with van der Waals surface area (Å²) in [5.74, 6) is -0.762. The highest BCUT2D eigenvalue weighted by Crippen LogP contribution is 2.42. The number of carbonyl (C=O) groups is 3. The third-order valence-electron chi connectivity index (χ3n) is 6.40. The molecular formula is C28H26N4O3. The van der Waals surface area contributed by atoms with E-state index in [1.165, 1.54) is 0 Å². The summed E-state index contributed by atoms with van der Waals surface area (Å²) in [7, 11) is 0. The quantitative estimate of drug-likeness (QED) is 0.377. The zero-order valence-electron chi connectivity index (χ0n) is 19.4. The maximum Gasteiger partial charge on any atom is 0.255 e. The lowest BCUT2D eigenvalue weighted by atomic mass is 9.95. The van der Waals surface area contributed by atoms with Gasteiger partial charge in [0.1, 0.15) is 0 Å². The number of nitrogens with one attached hydrogen (secondary N) is 3. The van der Waals surface area contributed by atoms with E-state index in [-0.39, 0.29) is 43.1 Å². The van der Waals surface area contributed by atoms with E-state index in [0.717, 1.165) is 33.3 Å². The molecule has 1 aliphatic rings. The van der Waals surface area contributed by atoms with Gasteiger partial charge in [-0.2, -0.15) is 0 Å². The summed E-state index contributed by atoms with van der Waals surface area (Å²) in [6.45, 7) is 2.23. The van der Waals surface area contributed by atoms with Crippen molar-refractivity contribution >= 4 is 28.6 Å². The van der Waals surface area contributed by atoms with Gasteiger partial charge in [0, 0.05) is 40.7 Å². The van der Waals surface area contributed by atoms with Crippen LogP contribution < -0.4 is 10.9 Å². The Bertz CT molecular complexity index is 1410. The number of hydrogen-bond acceptors (Lipinski definition) is 3. The number of para-hydroxylation sites is 1. The molecule has 0 unspecified atom stereocenters. The summed E-state index contributed by atoms with van der Waals surface area (Å²) in [5, 5.41) is 1.06. The minimum Gasteiger partial charge on any atom is -0.358 e. The van der Waals surface area contributed by atoms with Crippen LogP contribution in [0, 0.1) is 6.92 Å². The zero-order chi connectivity index (χ0) is 24.4. The van der Waals surface area contributed by atoms with Crippen molar-refractivity contribution in [3.05, 3.63) is 107 Å². The average molecular weight is 467 g/mol. The van der Waals surface area contributed by atoms with Gasteiger partial charge >= 0.3 is 0 Å². The van der Waals surface area contributed by atoms with Gasteiger partial charge in [-0.3, -0.25) is 25.2 Å². The number of hydrogen-bond donors (Lipinski definition) is 3. The van der Waals surface area contributed by atoms with E-state index in [9.17, 15) is 14.4 Å². The predicted molar refractivity (Wildman–Crippen MR) is 133 cm³/mol.